The topological polar surface area (TPSA) is 165 Å². The van der Waals surface area contributed by atoms with E-state index in [9.17, 15) is 24.0 Å². The zero-order chi connectivity index (χ0) is 44.4. The van der Waals surface area contributed by atoms with Gasteiger partial charge in [-0.15, -0.1) is 0 Å². The fraction of sp³-hybridized carbons (Fsp3) is 0.440. The molecule has 12 heteroatoms. The third kappa shape index (κ3) is 17.4. The van der Waals surface area contributed by atoms with Crippen molar-refractivity contribution < 1.29 is 52.4 Å². The van der Waals surface area contributed by atoms with Crippen LogP contribution >= 0.6 is 0 Å². The van der Waals surface area contributed by atoms with Gasteiger partial charge in [0.1, 0.15) is 23.4 Å². The number of esters is 4. The number of carbonyl (C=O) groups excluding carboxylic acids is 5. The molecule has 0 unspecified atom stereocenters. The predicted octanol–water partition coefficient (Wildman–Crippen LogP) is 10.4. The zero-order valence-corrected chi connectivity index (χ0v) is 35.7. The molecule has 1 aliphatic carbocycles. The number of rotatable bonds is 28. The number of hydrogen-bond acceptors (Lipinski definition) is 12. The first kappa shape index (κ1) is 48.4. The Morgan fingerprint density at radius 3 is 1.65 bits per heavy atom. The summed E-state index contributed by atoms with van der Waals surface area (Å²) in [6.45, 7) is 8.55. The van der Waals surface area contributed by atoms with Crippen LogP contribution in [0.5, 0.6) is 17.2 Å². The summed E-state index contributed by atoms with van der Waals surface area (Å²) in [4.78, 5) is 62.0. The van der Waals surface area contributed by atoms with Crippen LogP contribution in [0.3, 0.4) is 0 Å². The Balaban J connectivity index is 1.24. The average Bonchev–Trinajstić information content (AvgIpc) is 3.30. The molecule has 330 valence electrons. The Hall–Kier alpha value is -6.22. The van der Waals surface area contributed by atoms with Crippen LogP contribution in [0.25, 0.3) is 0 Å². The Kier molecular flexibility index (Phi) is 21.6. The molecule has 3 aromatic carbocycles. The van der Waals surface area contributed by atoms with Crippen molar-refractivity contribution in [3.05, 3.63) is 114 Å². The van der Waals surface area contributed by atoms with E-state index in [4.69, 9.17) is 33.7 Å². The van der Waals surface area contributed by atoms with Gasteiger partial charge in [0.05, 0.1) is 49.2 Å². The van der Waals surface area contributed by atoms with Crippen molar-refractivity contribution in [3.63, 3.8) is 0 Å². The summed E-state index contributed by atoms with van der Waals surface area (Å²) in [5.41, 5.74) is 2.05. The minimum Gasteiger partial charge on any atom is -0.494 e. The van der Waals surface area contributed by atoms with Gasteiger partial charge in [-0.05, 0) is 162 Å². The Labute approximate surface area is 365 Å². The van der Waals surface area contributed by atoms with Crippen LogP contribution in [0.2, 0.25) is 0 Å². The van der Waals surface area contributed by atoms with Crippen LogP contribution in [-0.4, -0.2) is 62.2 Å². The molecular formula is C50H59NO11. The number of ketones is 1. The lowest BCUT2D eigenvalue weighted by molar-refractivity contribution is -0.138. The highest BCUT2D eigenvalue weighted by Crippen LogP contribution is 2.37. The van der Waals surface area contributed by atoms with Crippen LogP contribution in [0.1, 0.15) is 145 Å². The fourth-order valence-corrected chi connectivity index (χ4v) is 6.96. The van der Waals surface area contributed by atoms with Crippen LogP contribution < -0.4 is 14.2 Å². The molecule has 1 fully saturated rings. The number of unbranched alkanes of at least 4 members (excludes halogenated alkanes) is 8. The number of hydrogen-bond donors (Lipinski definition) is 0. The van der Waals surface area contributed by atoms with Gasteiger partial charge in [-0.3, -0.25) is 4.79 Å². The van der Waals surface area contributed by atoms with Crippen molar-refractivity contribution in [2.75, 3.05) is 26.4 Å². The normalized spacial score (nSPS) is 14.4. The summed E-state index contributed by atoms with van der Waals surface area (Å²) in [5.74, 6) is -0.369. The Bertz CT molecular complexity index is 1960. The Morgan fingerprint density at radius 2 is 1.13 bits per heavy atom. The minimum absolute atomic E-state index is 0.126. The van der Waals surface area contributed by atoms with E-state index in [1.165, 1.54) is 0 Å². The second-order valence-corrected chi connectivity index (χ2v) is 15.1. The van der Waals surface area contributed by atoms with Crippen molar-refractivity contribution in [2.45, 2.75) is 115 Å². The molecule has 62 heavy (non-hydrogen) atoms. The first-order valence-electron chi connectivity index (χ1n) is 21.7. The number of benzene rings is 3. The molecule has 0 heterocycles. The molecule has 1 saturated carbocycles. The molecule has 0 saturated heterocycles. The van der Waals surface area contributed by atoms with E-state index in [2.05, 4.69) is 19.2 Å². The highest BCUT2D eigenvalue weighted by atomic mass is 16.5. The molecule has 0 aromatic heterocycles. The molecule has 0 atom stereocenters. The lowest BCUT2D eigenvalue weighted by Gasteiger charge is -2.29. The number of nitrogens with zero attached hydrogens (tertiary/aromatic N) is 1. The number of nitriles is 1. The number of carbonyl (C=O) groups is 5. The molecule has 1 aliphatic rings. The molecule has 0 N–H and O–H groups in total. The molecule has 3 aromatic rings. The van der Waals surface area contributed by atoms with Crippen molar-refractivity contribution >= 4 is 29.7 Å². The largest absolute Gasteiger partial charge is 0.494 e. The lowest BCUT2D eigenvalue weighted by atomic mass is 9.82. The fourth-order valence-electron chi connectivity index (χ4n) is 6.96. The molecule has 0 radical (unpaired) electrons. The monoisotopic (exact) mass is 849 g/mol. The van der Waals surface area contributed by atoms with E-state index >= 15 is 0 Å². The first-order chi connectivity index (χ1) is 30.2. The second kappa shape index (κ2) is 27.6. The zero-order valence-electron chi connectivity index (χ0n) is 35.7. The van der Waals surface area contributed by atoms with E-state index < -0.39 is 17.9 Å². The Morgan fingerprint density at radius 1 is 0.613 bits per heavy atom. The highest BCUT2D eigenvalue weighted by molar-refractivity contribution is 6.00. The van der Waals surface area contributed by atoms with Crippen LogP contribution in [0.15, 0.2) is 92.0 Å². The maximum atomic E-state index is 13.5. The van der Waals surface area contributed by atoms with E-state index in [1.54, 1.807) is 54.6 Å². The third-order valence-electron chi connectivity index (χ3n) is 10.5. The van der Waals surface area contributed by atoms with E-state index in [0.29, 0.717) is 86.7 Å². The van der Waals surface area contributed by atoms with Gasteiger partial charge in [-0.25, -0.2) is 19.2 Å². The van der Waals surface area contributed by atoms with Gasteiger partial charge in [-0.2, -0.15) is 5.26 Å². The number of ether oxygens (including phenoxy) is 6. The van der Waals surface area contributed by atoms with Gasteiger partial charge < -0.3 is 28.4 Å². The summed E-state index contributed by atoms with van der Waals surface area (Å²) in [6, 6.07) is 21.1. The molecule has 0 aliphatic heterocycles. The smallest absolute Gasteiger partial charge is 0.343 e. The van der Waals surface area contributed by atoms with Crippen LogP contribution in [0.4, 0.5) is 0 Å². The standard InChI is InChI=1S/C50H59NO11/c1-3-47(53)59-34-14-7-5-12-32-57-41-24-19-38(20-25-41)49(55)61-43-28-17-37(18-29-43)40-23-30-46(44(36-40)45(52)16-10-9-11-31-51)62-50(56)39-21-26-42(27-22-39)58-33-13-6-8-15-35-60-48(54)4-2/h3-4,19-27,30,36-37,43H,1-2,5-18,28-29,32-35H2. The number of Topliss-reactive ketones (excluding diaryl/α,β-unsaturated/α-hetero) is 1. The van der Waals surface area contributed by atoms with Gasteiger partial charge in [-0.1, -0.05) is 19.2 Å². The summed E-state index contributed by atoms with van der Waals surface area (Å²) in [7, 11) is 0. The highest BCUT2D eigenvalue weighted by Gasteiger charge is 2.27. The summed E-state index contributed by atoms with van der Waals surface area (Å²) < 4.78 is 33.3. The third-order valence-corrected chi connectivity index (χ3v) is 10.5. The van der Waals surface area contributed by atoms with E-state index in [0.717, 1.165) is 81.9 Å². The lowest BCUT2D eigenvalue weighted by Crippen LogP contribution is -2.24. The summed E-state index contributed by atoms with van der Waals surface area (Å²) in [5, 5.41) is 8.96. The molecule has 0 amide bonds. The van der Waals surface area contributed by atoms with Crippen LogP contribution in [0, 0.1) is 11.3 Å². The second-order valence-electron chi connectivity index (χ2n) is 15.1. The molecule has 0 spiro atoms. The van der Waals surface area contributed by atoms with Crippen molar-refractivity contribution in [1.29, 1.82) is 5.26 Å². The molecule has 12 nitrogen and oxygen atoms in total. The molecular weight excluding hydrogens is 791 g/mol. The average molecular weight is 850 g/mol. The quantitative estimate of drug-likeness (QED) is 0.0170. The van der Waals surface area contributed by atoms with Gasteiger partial charge in [0.15, 0.2) is 5.78 Å². The SMILES string of the molecule is C=CC(=O)OCCCCCCOc1ccc(C(=O)Oc2ccc(C3CCC(OC(=O)c4ccc(OCCCCCCOC(=O)C=C)cc4)CC3)cc2C(=O)CCCCC#N)cc1. The van der Waals surface area contributed by atoms with Gasteiger partial charge in [0, 0.05) is 25.0 Å². The molecule has 4 rings (SSSR count). The summed E-state index contributed by atoms with van der Waals surface area (Å²) in [6.07, 6.45) is 13.6. The maximum absolute atomic E-state index is 13.5. The van der Waals surface area contributed by atoms with Crippen molar-refractivity contribution in [1.82, 2.24) is 0 Å². The van der Waals surface area contributed by atoms with E-state index in [-0.39, 0.29) is 35.9 Å². The summed E-state index contributed by atoms with van der Waals surface area (Å²) >= 11 is 0. The van der Waals surface area contributed by atoms with Crippen LogP contribution in [-0.2, 0) is 23.8 Å². The van der Waals surface area contributed by atoms with Gasteiger partial charge >= 0.3 is 23.9 Å². The maximum Gasteiger partial charge on any atom is 0.343 e. The van der Waals surface area contributed by atoms with Crippen molar-refractivity contribution in [3.8, 4) is 23.3 Å². The van der Waals surface area contributed by atoms with E-state index in [1.807, 2.05) is 12.1 Å². The minimum atomic E-state index is -0.599. The van der Waals surface area contributed by atoms with Gasteiger partial charge in [0.25, 0.3) is 0 Å². The first-order valence-corrected chi connectivity index (χ1v) is 21.7. The predicted molar refractivity (Wildman–Crippen MR) is 233 cm³/mol. The van der Waals surface area contributed by atoms with Gasteiger partial charge in [0.2, 0.25) is 0 Å². The van der Waals surface area contributed by atoms with Crippen molar-refractivity contribution in [2.24, 2.45) is 0 Å². The molecule has 0 bridgehead atoms.